The number of halogens is 1. The molecule has 1 saturated heterocycles. The van der Waals surface area contributed by atoms with Gasteiger partial charge in [-0.15, -0.1) is 0 Å². The van der Waals surface area contributed by atoms with E-state index in [9.17, 15) is 13.5 Å². The van der Waals surface area contributed by atoms with Crippen molar-refractivity contribution in [3.05, 3.63) is 11.2 Å². The highest BCUT2D eigenvalue weighted by Gasteiger charge is 2.35. The van der Waals surface area contributed by atoms with Gasteiger partial charge in [0.1, 0.15) is 0 Å². The number of rotatable bonds is 2. The van der Waals surface area contributed by atoms with Crippen LogP contribution in [0.1, 0.15) is 6.42 Å². The molecule has 2 heterocycles. The zero-order valence-corrected chi connectivity index (χ0v) is 10.2. The molecule has 16 heavy (non-hydrogen) atoms. The standard InChI is InChI=1S/C8H12ClN3O3S/c1-11-8(7(9)4-10-11)16(14,15)12-3-2-6(13)5-12/h4,6,13H,2-3,5H2,1H3. The van der Waals surface area contributed by atoms with Crippen LogP contribution in [-0.2, 0) is 17.1 Å². The van der Waals surface area contributed by atoms with Gasteiger partial charge in [0.15, 0.2) is 5.03 Å². The number of β-amino-alcohol motifs (C(OH)–C–C–N with tert-alkyl or cyclic N) is 1. The molecule has 6 nitrogen and oxygen atoms in total. The van der Waals surface area contributed by atoms with E-state index in [0.29, 0.717) is 13.0 Å². The number of aliphatic hydroxyl groups is 1. The number of sulfonamides is 1. The van der Waals surface area contributed by atoms with Crippen LogP contribution >= 0.6 is 11.6 Å². The Morgan fingerprint density at radius 2 is 2.31 bits per heavy atom. The van der Waals surface area contributed by atoms with Crippen LogP contribution in [-0.4, -0.2) is 46.8 Å². The summed E-state index contributed by atoms with van der Waals surface area (Å²) in [4.78, 5) is 0. The molecular weight excluding hydrogens is 254 g/mol. The highest BCUT2D eigenvalue weighted by Crippen LogP contribution is 2.26. The third-order valence-corrected chi connectivity index (χ3v) is 4.93. The minimum absolute atomic E-state index is 0.0248. The molecule has 1 aliphatic heterocycles. The fraction of sp³-hybridized carbons (Fsp3) is 0.625. The molecule has 0 aromatic carbocycles. The molecule has 8 heteroatoms. The van der Waals surface area contributed by atoms with Crippen molar-refractivity contribution in [3.63, 3.8) is 0 Å². The Bertz CT molecular complexity index is 479. The van der Waals surface area contributed by atoms with E-state index in [1.54, 1.807) is 0 Å². The summed E-state index contributed by atoms with van der Waals surface area (Å²) in [5.74, 6) is 0. The van der Waals surface area contributed by atoms with Crippen molar-refractivity contribution in [1.82, 2.24) is 14.1 Å². The van der Waals surface area contributed by atoms with E-state index >= 15 is 0 Å². The minimum Gasteiger partial charge on any atom is -0.392 e. The Hall–Kier alpha value is -0.630. The molecule has 1 aromatic rings. The van der Waals surface area contributed by atoms with Crippen molar-refractivity contribution >= 4 is 21.6 Å². The maximum absolute atomic E-state index is 12.2. The average molecular weight is 266 g/mol. The topological polar surface area (TPSA) is 75.4 Å². The Morgan fingerprint density at radius 1 is 1.62 bits per heavy atom. The molecule has 1 aliphatic rings. The van der Waals surface area contributed by atoms with E-state index in [-0.39, 0.29) is 16.6 Å². The smallest absolute Gasteiger partial charge is 0.261 e. The van der Waals surface area contributed by atoms with Gasteiger partial charge in [0.2, 0.25) is 0 Å². The first kappa shape index (κ1) is 11.8. The summed E-state index contributed by atoms with van der Waals surface area (Å²) >= 11 is 5.79. The second-order valence-corrected chi connectivity index (χ2v) is 5.99. The highest BCUT2D eigenvalue weighted by molar-refractivity contribution is 7.89. The fourth-order valence-corrected chi connectivity index (χ4v) is 3.84. The van der Waals surface area contributed by atoms with Crippen LogP contribution in [0.2, 0.25) is 5.02 Å². The van der Waals surface area contributed by atoms with E-state index in [4.69, 9.17) is 11.6 Å². The molecule has 1 aromatic heterocycles. The van der Waals surface area contributed by atoms with Gasteiger partial charge in [-0.2, -0.15) is 9.40 Å². The largest absolute Gasteiger partial charge is 0.392 e. The van der Waals surface area contributed by atoms with Gasteiger partial charge in [-0.05, 0) is 6.42 Å². The van der Waals surface area contributed by atoms with Gasteiger partial charge in [-0.25, -0.2) is 8.42 Å². The molecule has 1 unspecified atom stereocenters. The van der Waals surface area contributed by atoms with Crippen molar-refractivity contribution in [2.24, 2.45) is 7.05 Å². The van der Waals surface area contributed by atoms with Crippen molar-refractivity contribution in [2.45, 2.75) is 17.6 Å². The first-order valence-corrected chi connectivity index (χ1v) is 6.60. The summed E-state index contributed by atoms with van der Waals surface area (Å²) in [6.45, 7) is 0.425. The van der Waals surface area contributed by atoms with Crippen molar-refractivity contribution in [3.8, 4) is 0 Å². The van der Waals surface area contributed by atoms with E-state index in [0.717, 1.165) is 0 Å². The lowest BCUT2D eigenvalue weighted by molar-refractivity contribution is 0.189. The molecule has 0 radical (unpaired) electrons. The summed E-state index contributed by atoms with van der Waals surface area (Å²) in [6, 6.07) is 0. The molecule has 0 amide bonds. The molecule has 0 aliphatic carbocycles. The van der Waals surface area contributed by atoms with Crippen LogP contribution in [0.15, 0.2) is 11.2 Å². The number of aliphatic hydroxyl groups excluding tert-OH is 1. The summed E-state index contributed by atoms with van der Waals surface area (Å²) in [5, 5.41) is 13.2. The lowest BCUT2D eigenvalue weighted by Gasteiger charge is -2.15. The van der Waals surface area contributed by atoms with Gasteiger partial charge in [0, 0.05) is 20.1 Å². The normalized spacial score (nSPS) is 22.8. The minimum atomic E-state index is -3.65. The second kappa shape index (κ2) is 3.99. The molecule has 0 saturated carbocycles. The summed E-state index contributed by atoms with van der Waals surface area (Å²) in [7, 11) is -2.13. The zero-order chi connectivity index (χ0) is 11.9. The van der Waals surface area contributed by atoms with Crippen molar-refractivity contribution in [1.29, 1.82) is 0 Å². The van der Waals surface area contributed by atoms with Crippen LogP contribution in [0.5, 0.6) is 0 Å². The number of hydrogen-bond acceptors (Lipinski definition) is 4. The molecule has 90 valence electrons. The maximum atomic E-state index is 12.2. The summed E-state index contributed by atoms with van der Waals surface area (Å²) < 4.78 is 26.8. The van der Waals surface area contributed by atoms with Gasteiger partial charge in [-0.3, -0.25) is 4.68 Å². The van der Waals surface area contributed by atoms with Crippen LogP contribution < -0.4 is 0 Å². The van der Waals surface area contributed by atoms with Crippen LogP contribution in [0.25, 0.3) is 0 Å². The highest BCUT2D eigenvalue weighted by atomic mass is 35.5. The molecule has 1 atom stereocenters. The lowest BCUT2D eigenvalue weighted by Crippen LogP contribution is -2.31. The van der Waals surface area contributed by atoms with Gasteiger partial charge in [0.25, 0.3) is 10.0 Å². The Kier molecular flexibility index (Phi) is 2.95. The van der Waals surface area contributed by atoms with Crippen LogP contribution in [0.4, 0.5) is 0 Å². The number of aromatic nitrogens is 2. The fourth-order valence-electron chi connectivity index (χ4n) is 1.74. The van der Waals surface area contributed by atoms with Crippen LogP contribution in [0.3, 0.4) is 0 Å². The molecule has 0 bridgehead atoms. The Labute approximate surface area is 98.5 Å². The summed E-state index contributed by atoms with van der Waals surface area (Å²) in [6.07, 6.45) is 1.15. The molecule has 0 spiro atoms. The van der Waals surface area contributed by atoms with E-state index in [2.05, 4.69) is 5.10 Å². The van der Waals surface area contributed by atoms with Gasteiger partial charge >= 0.3 is 0 Å². The van der Waals surface area contributed by atoms with Crippen LogP contribution in [0, 0.1) is 0 Å². The number of aryl methyl sites for hydroxylation is 1. The Morgan fingerprint density at radius 3 is 2.75 bits per heavy atom. The molecular formula is C8H12ClN3O3S. The van der Waals surface area contributed by atoms with Gasteiger partial charge in [-0.1, -0.05) is 11.6 Å². The van der Waals surface area contributed by atoms with E-state index in [1.807, 2.05) is 0 Å². The lowest BCUT2D eigenvalue weighted by atomic mass is 10.3. The van der Waals surface area contributed by atoms with Crippen molar-refractivity contribution < 1.29 is 13.5 Å². The first-order chi connectivity index (χ1) is 7.43. The zero-order valence-electron chi connectivity index (χ0n) is 8.67. The quantitative estimate of drug-likeness (QED) is 0.806. The molecule has 1 N–H and O–H groups in total. The SMILES string of the molecule is Cn1ncc(Cl)c1S(=O)(=O)N1CCC(O)C1. The van der Waals surface area contributed by atoms with E-state index < -0.39 is 16.1 Å². The first-order valence-electron chi connectivity index (χ1n) is 4.78. The van der Waals surface area contributed by atoms with Gasteiger partial charge < -0.3 is 5.11 Å². The average Bonchev–Trinajstić information content (AvgIpc) is 2.74. The van der Waals surface area contributed by atoms with E-state index in [1.165, 1.54) is 22.2 Å². The third kappa shape index (κ3) is 1.84. The number of hydrogen-bond donors (Lipinski definition) is 1. The second-order valence-electron chi connectivity index (χ2n) is 3.73. The maximum Gasteiger partial charge on any atom is 0.261 e. The van der Waals surface area contributed by atoms with Crippen molar-refractivity contribution in [2.75, 3.05) is 13.1 Å². The predicted octanol–water partition coefficient (Wildman–Crippen LogP) is -0.171. The monoisotopic (exact) mass is 265 g/mol. The molecule has 1 fully saturated rings. The van der Waals surface area contributed by atoms with Gasteiger partial charge in [0.05, 0.1) is 17.3 Å². The molecule has 2 rings (SSSR count). The predicted molar refractivity (Wildman–Crippen MR) is 57.6 cm³/mol. The third-order valence-electron chi connectivity index (χ3n) is 2.55. The summed E-state index contributed by atoms with van der Waals surface area (Å²) in [5.41, 5.74) is 0. The number of nitrogens with zero attached hydrogens (tertiary/aromatic N) is 3. The Balaban J connectivity index is 2.40.